The van der Waals surface area contributed by atoms with Crippen LogP contribution < -0.4 is 4.74 Å². The van der Waals surface area contributed by atoms with Crippen LogP contribution in [0.3, 0.4) is 0 Å². The molecule has 0 saturated heterocycles. The Labute approximate surface area is 96.4 Å². The highest BCUT2D eigenvalue weighted by atomic mass is 19.4. The van der Waals surface area contributed by atoms with Crippen molar-refractivity contribution in [3.63, 3.8) is 0 Å². The van der Waals surface area contributed by atoms with E-state index in [2.05, 4.69) is 9.73 Å². The molecule has 0 radical (unpaired) electrons. The Bertz CT molecular complexity index is 489. The van der Waals surface area contributed by atoms with Gasteiger partial charge in [0.2, 0.25) is 0 Å². The van der Waals surface area contributed by atoms with Gasteiger partial charge in [-0.05, 0) is 19.1 Å². The summed E-state index contributed by atoms with van der Waals surface area (Å²) in [6.07, 6.45) is -2.24. The van der Waals surface area contributed by atoms with Crippen molar-refractivity contribution in [1.82, 2.24) is 0 Å². The summed E-state index contributed by atoms with van der Waals surface area (Å²) in [6, 6.07) is 6.00. The second kappa shape index (κ2) is 4.24. The summed E-state index contributed by atoms with van der Waals surface area (Å²) in [5, 5.41) is 0. The maximum absolute atomic E-state index is 12.2. The van der Waals surface area contributed by atoms with E-state index in [1.807, 2.05) is 6.92 Å². The van der Waals surface area contributed by atoms with E-state index >= 15 is 0 Å². The van der Waals surface area contributed by atoms with E-state index in [4.69, 9.17) is 0 Å². The molecule has 17 heavy (non-hydrogen) atoms. The first-order valence-corrected chi connectivity index (χ1v) is 5.05. The van der Waals surface area contributed by atoms with Crippen molar-refractivity contribution in [2.45, 2.75) is 19.7 Å². The normalized spacial score (nSPS) is 15.5. The summed E-state index contributed by atoms with van der Waals surface area (Å²) in [5.41, 5.74) is 1.77. The molecule has 0 amide bonds. The van der Waals surface area contributed by atoms with Crippen LogP contribution in [0.25, 0.3) is 5.70 Å². The van der Waals surface area contributed by atoms with Crippen LogP contribution >= 0.6 is 0 Å². The van der Waals surface area contributed by atoms with Crippen molar-refractivity contribution in [3.05, 3.63) is 35.9 Å². The van der Waals surface area contributed by atoms with Crippen LogP contribution in [0.1, 0.15) is 18.9 Å². The van der Waals surface area contributed by atoms with Gasteiger partial charge in [0.25, 0.3) is 0 Å². The van der Waals surface area contributed by atoms with E-state index in [1.54, 1.807) is 18.2 Å². The van der Waals surface area contributed by atoms with Crippen molar-refractivity contribution in [2.75, 3.05) is 0 Å². The van der Waals surface area contributed by atoms with Gasteiger partial charge in [-0.2, -0.15) is 0 Å². The quantitative estimate of drug-likeness (QED) is 0.771. The number of halogens is 3. The number of rotatable bonds is 2. The average Bonchev–Trinajstić information content (AvgIpc) is 2.63. The van der Waals surface area contributed by atoms with E-state index in [9.17, 15) is 13.2 Å². The summed E-state index contributed by atoms with van der Waals surface area (Å²) in [6.45, 7) is 1.83. The van der Waals surface area contributed by atoms with Crippen molar-refractivity contribution in [2.24, 2.45) is 4.99 Å². The minimum atomic E-state index is -4.69. The maximum atomic E-state index is 12.2. The molecule has 1 aromatic carbocycles. The number of alkyl halides is 3. The molecule has 90 valence electrons. The molecule has 0 aliphatic carbocycles. The fourth-order valence-corrected chi connectivity index (χ4v) is 1.60. The van der Waals surface area contributed by atoms with Gasteiger partial charge in [-0.25, -0.2) is 0 Å². The number of hydrogen-bond donors (Lipinski definition) is 0. The van der Waals surface area contributed by atoms with Crippen LogP contribution in [0.2, 0.25) is 0 Å². The zero-order valence-corrected chi connectivity index (χ0v) is 9.08. The van der Waals surface area contributed by atoms with Gasteiger partial charge < -0.3 is 4.74 Å². The predicted octanol–water partition coefficient (Wildman–Crippen LogP) is 3.79. The highest BCUT2D eigenvalue weighted by molar-refractivity contribution is 5.94. The van der Waals surface area contributed by atoms with E-state index in [1.165, 1.54) is 12.1 Å². The molecule has 0 fully saturated rings. The second-order valence-corrected chi connectivity index (χ2v) is 3.68. The van der Waals surface area contributed by atoms with Crippen LogP contribution in [0.4, 0.5) is 13.2 Å². The van der Waals surface area contributed by atoms with Crippen molar-refractivity contribution in [1.29, 1.82) is 0 Å². The lowest BCUT2D eigenvalue weighted by atomic mass is 10.1. The third kappa shape index (κ3) is 2.87. The Kier molecular flexibility index (Phi) is 2.92. The summed E-state index contributed by atoms with van der Waals surface area (Å²) >= 11 is 0. The largest absolute Gasteiger partial charge is 0.573 e. The lowest BCUT2D eigenvalue weighted by molar-refractivity contribution is -0.274. The first-order valence-electron chi connectivity index (χ1n) is 5.05. The summed E-state index contributed by atoms with van der Waals surface area (Å²) in [4.78, 5) is 4.18. The minimum absolute atomic E-state index is 0.218. The van der Waals surface area contributed by atoms with Crippen molar-refractivity contribution < 1.29 is 17.9 Å². The van der Waals surface area contributed by atoms with E-state index in [0.717, 1.165) is 5.71 Å². The van der Waals surface area contributed by atoms with Crippen LogP contribution in [-0.2, 0) is 0 Å². The fourth-order valence-electron chi connectivity index (χ4n) is 1.60. The standard InChI is InChI=1S/C12H10F3NO/c1-8-6-7-10(16-8)9-4-2-3-5-11(9)17-12(13,14)15/h2-5,7H,6H2,1H3. The summed E-state index contributed by atoms with van der Waals surface area (Å²) in [5.74, 6) is -0.218. The smallest absolute Gasteiger partial charge is 0.405 e. The molecule has 0 unspecified atom stereocenters. The van der Waals surface area contributed by atoms with Crippen LogP contribution in [0, 0.1) is 0 Å². The average molecular weight is 241 g/mol. The molecular weight excluding hydrogens is 231 g/mol. The Morgan fingerprint density at radius 1 is 1.24 bits per heavy atom. The molecule has 0 aromatic heterocycles. The molecule has 1 aromatic rings. The van der Waals surface area contributed by atoms with E-state index in [0.29, 0.717) is 17.7 Å². The lowest BCUT2D eigenvalue weighted by Crippen LogP contribution is -2.17. The Morgan fingerprint density at radius 2 is 1.94 bits per heavy atom. The SMILES string of the molecule is CC1=NC(c2ccccc2OC(F)(F)F)=CC1. The van der Waals surface area contributed by atoms with Gasteiger partial charge in [0, 0.05) is 17.7 Å². The second-order valence-electron chi connectivity index (χ2n) is 3.68. The third-order valence-corrected chi connectivity index (χ3v) is 2.29. The van der Waals surface area contributed by atoms with E-state index in [-0.39, 0.29) is 5.75 Å². The van der Waals surface area contributed by atoms with Crippen molar-refractivity contribution >= 4 is 11.4 Å². The molecule has 0 saturated carbocycles. The third-order valence-electron chi connectivity index (χ3n) is 2.29. The number of benzene rings is 1. The van der Waals surface area contributed by atoms with Crippen LogP contribution in [0.5, 0.6) is 5.75 Å². The van der Waals surface area contributed by atoms with Gasteiger partial charge in [0.05, 0.1) is 5.70 Å². The first-order chi connectivity index (χ1) is 7.96. The van der Waals surface area contributed by atoms with Gasteiger partial charge in [-0.1, -0.05) is 18.2 Å². The number of para-hydroxylation sites is 1. The number of ether oxygens (including phenoxy) is 1. The van der Waals surface area contributed by atoms with Crippen LogP contribution in [-0.4, -0.2) is 12.1 Å². The molecule has 2 nitrogen and oxygen atoms in total. The number of aliphatic imine (C=N–C) groups is 1. The topological polar surface area (TPSA) is 21.6 Å². The molecule has 1 aliphatic heterocycles. The molecular formula is C12H10F3NO. The highest BCUT2D eigenvalue weighted by Gasteiger charge is 2.32. The Hall–Kier alpha value is -1.78. The Balaban J connectivity index is 2.35. The fraction of sp³-hybridized carbons (Fsp3) is 0.250. The number of hydrogen-bond acceptors (Lipinski definition) is 2. The van der Waals surface area contributed by atoms with Gasteiger partial charge in [-0.3, -0.25) is 4.99 Å². The van der Waals surface area contributed by atoms with Gasteiger partial charge in [0.15, 0.2) is 0 Å². The molecule has 0 N–H and O–H groups in total. The lowest BCUT2D eigenvalue weighted by Gasteiger charge is -2.12. The predicted molar refractivity (Wildman–Crippen MR) is 58.8 cm³/mol. The zero-order chi connectivity index (χ0) is 12.5. The molecule has 5 heteroatoms. The van der Waals surface area contributed by atoms with Crippen LogP contribution in [0.15, 0.2) is 35.3 Å². The maximum Gasteiger partial charge on any atom is 0.573 e. The van der Waals surface area contributed by atoms with E-state index < -0.39 is 6.36 Å². The summed E-state index contributed by atoms with van der Waals surface area (Å²) < 4.78 is 40.6. The van der Waals surface area contributed by atoms with Gasteiger partial charge in [0.1, 0.15) is 5.75 Å². The first kappa shape index (κ1) is 11.7. The molecule has 0 atom stereocenters. The number of allylic oxidation sites excluding steroid dienone is 1. The molecule has 0 bridgehead atoms. The van der Waals surface area contributed by atoms with Gasteiger partial charge >= 0.3 is 6.36 Å². The molecule has 0 spiro atoms. The minimum Gasteiger partial charge on any atom is -0.405 e. The molecule has 1 aliphatic rings. The monoisotopic (exact) mass is 241 g/mol. The molecule has 1 heterocycles. The number of nitrogens with zero attached hydrogens (tertiary/aromatic N) is 1. The Morgan fingerprint density at radius 3 is 2.53 bits per heavy atom. The van der Waals surface area contributed by atoms with Gasteiger partial charge in [-0.15, -0.1) is 13.2 Å². The highest BCUT2D eigenvalue weighted by Crippen LogP contribution is 2.33. The van der Waals surface area contributed by atoms with Crippen molar-refractivity contribution in [3.8, 4) is 5.75 Å². The zero-order valence-electron chi connectivity index (χ0n) is 9.08. The summed E-state index contributed by atoms with van der Waals surface area (Å²) in [7, 11) is 0. The molecule has 2 rings (SSSR count).